The minimum absolute atomic E-state index is 0.115. The average molecular weight is 757 g/mol. The molecule has 0 N–H and O–H groups in total. The molecule has 0 amide bonds. The summed E-state index contributed by atoms with van der Waals surface area (Å²) >= 11 is 0. The second kappa shape index (κ2) is 14.3. The molecule has 0 spiro atoms. The summed E-state index contributed by atoms with van der Waals surface area (Å²) in [6, 6.07) is 50.8. The number of rotatable bonds is 7. The zero-order valence-electron chi connectivity index (χ0n) is 35.2. The van der Waals surface area contributed by atoms with Crippen molar-refractivity contribution >= 4 is 33.0 Å². The Kier molecular flexibility index (Phi) is 9.23. The van der Waals surface area contributed by atoms with Crippen molar-refractivity contribution in [3.8, 4) is 50.5 Å². The van der Waals surface area contributed by atoms with Gasteiger partial charge in [0, 0.05) is 10.8 Å². The zero-order valence-corrected chi connectivity index (χ0v) is 35.2. The highest BCUT2D eigenvalue weighted by atomic mass is 16.3. The van der Waals surface area contributed by atoms with Gasteiger partial charge in [0.25, 0.3) is 0 Å². The highest BCUT2D eigenvalue weighted by Crippen LogP contribution is 2.43. The summed E-state index contributed by atoms with van der Waals surface area (Å²) in [6.45, 7) is 20.6. The largest absolute Gasteiger partial charge is 0.455 e. The molecule has 58 heavy (non-hydrogen) atoms. The molecule has 0 aliphatic rings. The number of aromatic nitrogens is 2. The van der Waals surface area contributed by atoms with Crippen LogP contribution in [0.5, 0.6) is 0 Å². The maximum absolute atomic E-state index is 6.84. The van der Waals surface area contributed by atoms with Crippen LogP contribution in [-0.4, -0.2) is 9.55 Å². The first-order chi connectivity index (χ1) is 27.9. The molecule has 288 valence electrons. The van der Waals surface area contributed by atoms with Gasteiger partial charge < -0.3 is 4.42 Å². The molecule has 9 rings (SSSR count). The predicted octanol–water partition coefficient (Wildman–Crippen LogP) is 15.8. The minimum Gasteiger partial charge on any atom is -0.455 e. The summed E-state index contributed by atoms with van der Waals surface area (Å²) in [4.78, 5) is 5.40. The van der Waals surface area contributed by atoms with E-state index in [1.54, 1.807) is 0 Å². The van der Waals surface area contributed by atoms with E-state index in [0.29, 0.717) is 0 Å². The van der Waals surface area contributed by atoms with Gasteiger partial charge in [-0.1, -0.05) is 146 Å². The van der Waals surface area contributed by atoms with Crippen LogP contribution in [0.1, 0.15) is 88.1 Å². The summed E-state index contributed by atoms with van der Waals surface area (Å²) in [7, 11) is 0. The van der Waals surface area contributed by atoms with E-state index >= 15 is 0 Å². The molecule has 0 saturated carbocycles. The van der Waals surface area contributed by atoms with Gasteiger partial charge in [-0.25, -0.2) is 4.98 Å². The van der Waals surface area contributed by atoms with E-state index in [2.05, 4.69) is 206 Å². The monoisotopic (exact) mass is 756 g/mol. The lowest BCUT2D eigenvalue weighted by Gasteiger charge is -2.24. The zero-order chi connectivity index (χ0) is 40.5. The van der Waals surface area contributed by atoms with E-state index in [4.69, 9.17) is 9.40 Å². The summed E-state index contributed by atoms with van der Waals surface area (Å²) in [5.41, 5.74) is 20.0. The normalized spacial score (nSPS) is 12.2. The predicted molar refractivity (Wildman–Crippen MR) is 246 cm³/mol. The summed E-state index contributed by atoms with van der Waals surface area (Å²) < 4.78 is 9.26. The first-order valence-corrected chi connectivity index (χ1v) is 20.8. The molecule has 0 aliphatic heterocycles. The number of aryl methyl sites for hydroxylation is 2. The van der Waals surface area contributed by atoms with Crippen LogP contribution in [-0.2, 0) is 5.41 Å². The third-order valence-electron chi connectivity index (χ3n) is 11.9. The maximum atomic E-state index is 6.84. The molecule has 2 aromatic heterocycles. The minimum atomic E-state index is 0.115. The van der Waals surface area contributed by atoms with Crippen LogP contribution < -0.4 is 0 Å². The molecule has 9 aromatic rings. The first-order valence-electron chi connectivity index (χ1n) is 20.8. The second-order valence-electron chi connectivity index (χ2n) is 17.7. The first kappa shape index (κ1) is 37.4. The van der Waals surface area contributed by atoms with Crippen LogP contribution >= 0.6 is 0 Å². The number of hydrogen-bond acceptors (Lipinski definition) is 2. The van der Waals surface area contributed by atoms with Crippen LogP contribution in [0.2, 0.25) is 0 Å². The molecule has 3 heteroatoms. The fourth-order valence-corrected chi connectivity index (χ4v) is 8.88. The van der Waals surface area contributed by atoms with Gasteiger partial charge in [0.05, 0.1) is 22.3 Å². The molecule has 0 unspecified atom stereocenters. The molecule has 0 bridgehead atoms. The van der Waals surface area contributed by atoms with Crippen LogP contribution in [0, 0.1) is 13.8 Å². The maximum Gasteiger partial charge on any atom is 0.149 e. The van der Waals surface area contributed by atoms with Crippen molar-refractivity contribution < 1.29 is 4.42 Å². The third kappa shape index (κ3) is 6.43. The van der Waals surface area contributed by atoms with Gasteiger partial charge in [0.2, 0.25) is 0 Å². The van der Waals surface area contributed by atoms with Gasteiger partial charge in [-0.15, -0.1) is 0 Å². The smallest absolute Gasteiger partial charge is 0.149 e. The Hall–Kier alpha value is -6.19. The number of nitrogens with zero attached hydrogens (tertiary/aromatic N) is 2. The van der Waals surface area contributed by atoms with Crippen LogP contribution in [0.15, 0.2) is 144 Å². The fourth-order valence-electron chi connectivity index (χ4n) is 8.88. The number of benzene rings is 7. The SMILES string of the molecule is Cc1cc(C(C)(C)C)cc(C)c1-c1ccc(-c2cc(C(C)C)c(-n3c(-c4cccc5c4oc4cc(-c6ccccc6)ccc45)nc4ccccc43)c(C(C)C)c2)cc1. The third-order valence-corrected chi connectivity index (χ3v) is 11.9. The van der Waals surface area contributed by atoms with E-state index in [1.165, 1.54) is 61.3 Å². The molecule has 0 fully saturated rings. The van der Waals surface area contributed by atoms with Gasteiger partial charge >= 0.3 is 0 Å². The molecule has 0 radical (unpaired) electrons. The number of imidazole rings is 1. The van der Waals surface area contributed by atoms with Crippen molar-refractivity contribution in [2.75, 3.05) is 0 Å². The Balaban J connectivity index is 1.21. The van der Waals surface area contributed by atoms with Crippen LogP contribution in [0.25, 0.3) is 83.4 Å². The van der Waals surface area contributed by atoms with Crippen molar-refractivity contribution in [1.29, 1.82) is 0 Å². The van der Waals surface area contributed by atoms with Crippen LogP contribution in [0.3, 0.4) is 0 Å². The van der Waals surface area contributed by atoms with E-state index in [9.17, 15) is 0 Å². The number of fused-ring (bicyclic) bond motifs is 4. The topological polar surface area (TPSA) is 31.0 Å². The molecular weight excluding hydrogens is 705 g/mol. The summed E-state index contributed by atoms with van der Waals surface area (Å²) in [5.74, 6) is 1.40. The standard InChI is InChI=1S/C55H52N2O/c1-33(2)46-30-41(38-22-24-39(25-23-38)51-35(5)28-42(29-36(51)6)55(7,8)9)31-47(34(3)4)52(46)57-49-21-14-13-20-48(49)56-54(57)45-19-15-18-44-43-27-26-40(32-50(43)58-53(44)45)37-16-11-10-12-17-37/h10-34H,1-9H3. The van der Waals surface area contributed by atoms with Gasteiger partial charge in [-0.05, 0) is 135 Å². The fraction of sp³-hybridized carbons (Fsp3) is 0.218. The average Bonchev–Trinajstić information content (AvgIpc) is 3.78. The van der Waals surface area contributed by atoms with Crippen molar-refractivity contribution in [2.45, 2.75) is 79.6 Å². The lowest BCUT2D eigenvalue weighted by molar-refractivity contribution is 0.589. The van der Waals surface area contributed by atoms with E-state index < -0.39 is 0 Å². The molecule has 0 aliphatic carbocycles. The molecule has 7 aromatic carbocycles. The lowest BCUT2D eigenvalue weighted by atomic mass is 9.82. The Bertz CT molecular complexity index is 2930. The van der Waals surface area contributed by atoms with Crippen molar-refractivity contribution in [3.63, 3.8) is 0 Å². The van der Waals surface area contributed by atoms with Gasteiger partial charge in [-0.3, -0.25) is 4.57 Å². The Labute approximate surface area is 343 Å². The molecule has 0 saturated heterocycles. The van der Waals surface area contributed by atoms with Crippen molar-refractivity contribution in [3.05, 3.63) is 167 Å². The number of furan rings is 1. The summed E-state index contributed by atoms with van der Waals surface area (Å²) in [6.07, 6.45) is 0. The molecule has 3 nitrogen and oxygen atoms in total. The van der Waals surface area contributed by atoms with Crippen molar-refractivity contribution in [2.24, 2.45) is 0 Å². The van der Waals surface area contributed by atoms with Gasteiger partial charge in [0.15, 0.2) is 0 Å². The van der Waals surface area contributed by atoms with Gasteiger partial charge in [0.1, 0.15) is 17.0 Å². The number of hydrogen-bond donors (Lipinski definition) is 0. The Morgan fingerprint density at radius 2 is 1.16 bits per heavy atom. The Morgan fingerprint density at radius 1 is 0.552 bits per heavy atom. The molecular formula is C55H52N2O. The number of para-hydroxylation sites is 3. The second-order valence-corrected chi connectivity index (χ2v) is 17.7. The highest BCUT2D eigenvalue weighted by Gasteiger charge is 2.26. The van der Waals surface area contributed by atoms with E-state index in [0.717, 1.165) is 49.9 Å². The quantitative estimate of drug-likeness (QED) is 0.162. The summed E-state index contributed by atoms with van der Waals surface area (Å²) in [5, 5.41) is 2.20. The van der Waals surface area contributed by atoms with Crippen molar-refractivity contribution in [1.82, 2.24) is 9.55 Å². The molecule has 0 atom stereocenters. The lowest BCUT2D eigenvalue weighted by Crippen LogP contribution is -2.12. The Morgan fingerprint density at radius 3 is 1.81 bits per heavy atom. The van der Waals surface area contributed by atoms with E-state index in [1.807, 2.05) is 0 Å². The molecule has 2 heterocycles. The highest BCUT2D eigenvalue weighted by molar-refractivity contribution is 6.10. The van der Waals surface area contributed by atoms with Gasteiger partial charge in [-0.2, -0.15) is 0 Å². The van der Waals surface area contributed by atoms with Crippen LogP contribution in [0.4, 0.5) is 0 Å². The van der Waals surface area contributed by atoms with E-state index in [-0.39, 0.29) is 17.3 Å².